The van der Waals surface area contributed by atoms with Crippen molar-refractivity contribution in [3.63, 3.8) is 0 Å². The topological polar surface area (TPSA) is 67.2 Å². The second kappa shape index (κ2) is 9.38. The summed E-state index contributed by atoms with van der Waals surface area (Å²) in [5, 5.41) is 9.50. The summed E-state index contributed by atoms with van der Waals surface area (Å²) in [4.78, 5) is 23.0. The Balaban J connectivity index is 1.32. The van der Waals surface area contributed by atoms with Gasteiger partial charge in [0.1, 0.15) is 15.6 Å². The number of carbonyl (C=O) groups is 1. The molecule has 0 unspecified atom stereocenters. The van der Waals surface area contributed by atoms with Gasteiger partial charge in [-0.15, -0.1) is 16.4 Å². The van der Waals surface area contributed by atoms with Crippen molar-refractivity contribution in [2.75, 3.05) is 31.1 Å². The molecule has 1 aliphatic heterocycles. The van der Waals surface area contributed by atoms with Crippen molar-refractivity contribution >= 4 is 22.9 Å². The van der Waals surface area contributed by atoms with Crippen LogP contribution in [0.2, 0.25) is 0 Å². The largest absolute Gasteiger partial charge is 0.368 e. The van der Waals surface area contributed by atoms with Crippen LogP contribution in [0.15, 0.2) is 54.6 Å². The summed E-state index contributed by atoms with van der Waals surface area (Å²) in [6.45, 7) is 9.07. The highest BCUT2D eigenvalue weighted by molar-refractivity contribution is 7.17. The molecule has 174 valence electrons. The van der Waals surface area contributed by atoms with Crippen molar-refractivity contribution < 1.29 is 4.79 Å². The first-order valence-electron chi connectivity index (χ1n) is 11.6. The van der Waals surface area contributed by atoms with E-state index in [1.165, 1.54) is 22.6 Å². The van der Waals surface area contributed by atoms with Gasteiger partial charge in [-0.05, 0) is 50.1 Å². The molecule has 1 amide bonds. The van der Waals surface area contributed by atoms with E-state index in [1.807, 2.05) is 41.6 Å². The number of rotatable bonds is 5. The molecule has 0 saturated carbocycles. The third kappa shape index (κ3) is 4.21. The molecule has 2 aromatic carbocycles. The Bertz CT molecular complexity index is 1290. The van der Waals surface area contributed by atoms with Gasteiger partial charge in [0.05, 0.1) is 17.1 Å². The highest BCUT2D eigenvalue weighted by Crippen LogP contribution is 2.30. The van der Waals surface area contributed by atoms with Gasteiger partial charge in [0.15, 0.2) is 0 Å². The van der Waals surface area contributed by atoms with Gasteiger partial charge in [-0.3, -0.25) is 4.79 Å². The zero-order valence-corrected chi connectivity index (χ0v) is 20.5. The van der Waals surface area contributed by atoms with Gasteiger partial charge >= 0.3 is 0 Å². The maximum absolute atomic E-state index is 13.3. The Morgan fingerprint density at radius 1 is 0.941 bits per heavy atom. The molecule has 5 rings (SSSR count). The van der Waals surface area contributed by atoms with E-state index in [0.29, 0.717) is 18.0 Å². The highest BCUT2D eigenvalue weighted by Gasteiger charge is 2.27. The summed E-state index contributed by atoms with van der Waals surface area (Å²) in [5.41, 5.74) is 5.83. The van der Waals surface area contributed by atoms with E-state index in [2.05, 4.69) is 58.5 Å². The summed E-state index contributed by atoms with van der Waals surface area (Å²) >= 11 is 1.41. The third-order valence-corrected chi connectivity index (χ3v) is 7.52. The molecule has 1 saturated heterocycles. The third-order valence-electron chi connectivity index (χ3n) is 6.37. The van der Waals surface area contributed by atoms with E-state index in [0.717, 1.165) is 47.3 Å². The number of benzene rings is 2. The van der Waals surface area contributed by atoms with Crippen LogP contribution in [0.5, 0.6) is 0 Å². The lowest BCUT2D eigenvalue weighted by Crippen LogP contribution is -2.48. The van der Waals surface area contributed by atoms with E-state index in [9.17, 15) is 4.79 Å². The van der Waals surface area contributed by atoms with Crippen LogP contribution in [0, 0.1) is 13.8 Å². The number of carbonyl (C=O) groups excluding carboxylic acids is 1. The van der Waals surface area contributed by atoms with Crippen LogP contribution in [0.1, 0.15) is 33.5 Å². The van der Waals surface area contributed by atoms with Crippen LogP contribution in [-0.2, 0) is 6.42 Å². The van der Waals surface area contributed by atoms with Crippen LogP contribution in [0.25, 0.3) is 16.4 Å². The van der Waals surface area contributed by atoms with Gasteiger partial charge < -0.3 is 9.80 Å². The van der Waals surface area contributed by atoms with Gasteiger partial charge in [0, 0.05) is 31.9 Å². The molecule has 0 aliphatic carbocycles. The van der Waals surface area contributed by atoms with Crippen molar-refractivity contribution in [1.82, 2.24) is 24.9 Å². The smallest absolute Gasteiger partial charge is 0.265 e. The highest BCUT2D eigenvalue weighted by atomic mass is 32.1. The predicted octanol–water partition coefficient (Wildman–Crippen LogP) is 4.53. The molecule has 7 nitrogen and oxygen atoms in total. The molecular formula is C26H28N6OS. The Morgan fingerprint density at radius 2 is 1.65 bits per heavy atom. The molecule has 1 fully saturated rings. The quantitative estimate of drug-likeness (QED) is 0.427. The Hall–Kier alpha value is -3.52. The van der Waals surface area contributed by atoms with Gasteiger partial charge in [-0.1, -0.05) is 42.5 Å². The fourth-order valence-corrected chi connectivity index (χ4v) is 5.36. The standard InChI is InChI=1S/C26H28N6OS/c1-4-20-10-12-22(13-11-20)32-19(3)23(28-29-32)25-27-18(2)24(34-25)26(33)31-16-14-30(15-17-31)21-8-6-5-7-9-21/h5-13H,4,14-17H2,1-3H3. The molecule has 3 heterocycles. The summed E-state index contributed by atoms with van der Waals surface area (Å²) in [6.07, 6.45) is 0.998. The lowest BCUT2D eigenvalue weighted by Gasteiger charge is -2.36. The molecule has 34 heavy (non-hydrogen) atoms. The van der Waals surface area contributed by atoms with Crippen LogP contribution < -0.4 is 4.90 Å². The fraction of sp³-hybridized carbons (Fsp3) is 0.308. The Kier molecular flexibility index (Phi) is 6.15. The molecule has 1 aliphatic rings. The number of hydrogen-bond acceptors (Lipinski definition) is 6. The van der Waals surface area contributed by atoms with Crippen molar-refractivity contribution in [1.29, 1.82) is 0 Å². The predicted molar refractivity (Wildman–Crippen MR) is 136 cm³/mol. The zero-order chi connectivity index (χ0) is 23.7. The van der Waals surface area contributed by atoms with Crippen molar-refractivity contribution in [3.8, 4) is 16.4 Å². The number of nitrogens with zero attached hydrogens (tertiary/aromatic N) is 6. The lowest BCUT2D eigenvalue weighted by atomic mass is 10.1. The summed E-state index contributed by atoms with van der Waals surface area (Å²) < 4.78 is 1.83. The SMILES string of the molecule is CCc1ccc(-n2nnc(-c3nc(C)c(C(=O)N4CCN(c5ccccc5)CC4)s3)c2C)cc1. The van der Waals surface area contributed by atoms with E-state index < -0.39 is 0 Å². The second-order valence-corrected chi connectivity index (χ2v) is 9.50. The Labute approximate surface area is 203 Å². The van der Waals surface area contributed by atoms with Crippen molar-refractivity contribution in [2.24, 2.45) is 0 Å². The Morgan fingerprint density at radius 3 is 2.32 bits per heavy atom. The lowest BCUT2D eigenvalue weighted by molar-refractivity contribution is 0.0750. The van der Waals surface area contributed by atoms with Gasteiger partial charge in [0.2, 0.25) is 0 Å². The number of para-hydroxylation sites is 1. The minimum Gasteiger partial charge on any atom is -0.368 e. The van der Waals surface area contributed by atoms with Crippen molar-refractivity contribution in [3.05, 3.63) is 76.4 Å². The maximum Gasteiger partial charge on any atom is 0.265 e. The molecule has 0 bridgehead atoms. The van der Waals surface area contributed by atoms with E-state index in [1.54, 1.807) is 0 Å². The van der Waals surface area contributed by atoms with Crippen LogP contribution in [0.4, 0.5) is 5.69 Å². The molecule has 2 aromatic heterocycles. The minimum atomic E-state index is 0.0501. The molecular weight excluding hydrogens is 444 g/mol. The van der Waals surface area contributed by atoms with Crippen molar-refractivity contribution in [2.45, 2.75) is 27.2 Å². The normalized spacial score (nSPS) is 14.0. The number of amides is 1. The summed E-state index contributed by atoms with van der Waals surface area (Å²) in [6, 6.07) is 18.7. The molecule has 4 aromatic rings. The van der Waals surface area contributed by atoms with Crippen LogP contribution >= 0.6 is 11.3 Å². The maximum atomic E-state index is 13.3. The molecule has 0 radical (unpaired) electrons. The second-order valence-electron chi connectivity index (χ2n) is 8.50. The van der Waals surface area contributed by atoms with E-state index in [-0.39, 0.29) is 5.91 Å². The van der Waals surface area contributed by atoms with E-state index >= 15 is 0 Å². The number of hydrogen-bond donors (Lipinski definition) is 0. The average Bonchev–Trinajstić information content (AvgIpc) is 3.46. The number of aryl methyl sites for hydroxylation is 2. The first kappa shape index (κ1) is 22.3. The minimum absolute atomic E-state index is 0.0501. The number of anilines is 1. The molecule has 0 N–H and O–H groups in total. The molecule has 0 atom stereocenters. The van der Waals surface area contributed by atoms with Crippen LogP contribution in [0.3, 0.4) is 0 Å². The van der Waals surface area contributed by atoms with E-state index in [4.69, 9.17) is 4.98 Å². The monoisotopic (exact) mass is 472 g/mol. The van der Waals surface area contributed by atoms with Gasteiger partial charge in [-0.2, -0.15) is 0 Å². The fourth-order valence-electron chi connectivity index (χ4n) is 4.29. The first-order valence-corrected chi connectivity index (χ1v) is 12.5. The number of thiazole rings is 1. The van der Waals surface area contributed by atoms with Gasteiger partial charge in [-0.25, -0.2) is 9.67 Å². The zero-order valence-electron chi connectivity index (χ0n) is 19.7. The molecule has 0 spiro atoms. The molecule has 8 heteroatoms. The van der Waals surface area contributed by atoms with Gasteiger partial charge in [0.25, 0.3) is 5.91 Å². The summed E-state index contributed by atoms with van der Waals surface area (Å²) in [7, 11) is 0. The number of piperazine rings is 1. The first-order chi connectivity index (χ1) is 16.5. The van der Waals surface area contributed by atoms with Crippen LogP contribution in [-0.4, -0.2) is 57.0 Å². The number of aromatic nitrogens is 4. The summed E-state index contributed by atoms with van der Waals surface area (Å²) in [5.74, 6) is 0.0501. The average molecular weight is 473 g/mol.